The van der Waals surface area contributed by atoms with E-state index in [1.165, 1.54) is 0 Å². The van der Waals surface area contributed by atoms with Gasteiger partial charge in [0.1, 0.15) is 5.56 Å². The lowest BCUT2D eigenvalue weighted by molar-refractivity contribution is -0.388. The molecule has 1 heterocycles. The first kappa shape index (κ1) is 18.8. The van der Waals surface area contributed by atoms with Crippen molar-refractivity contribution in [1.29, 1.82) is 0 Å². The summed E-state index contributed by atoms with van der Waals surface area (Å²) in [4.78, 5) is 20.4. The molecule has 0 saturated carbocycles. The topological polar surface area (TPSA) is 92.9 Å². The van der Waals surface area contributed by atoms with Gasteiger partial charge in [0.2, 0.25) is 6.23 Å². The fourth-order valence-electron chi connectivity index (χ4n) is 2.27. The number of hydrogen-bond donors (Lipinski definition) is 1. The van der Waals surface area contributed by atoms with E-state index in [4.69, 9.17) is 5.11 Å². The monoisotopic (exact) mass is 374 g/mol. The molecule has 0 amide bonds. The lowest BCUT2D eigenvalue weighted by Gasteiger charge is -2.27. The molecule has 13 heteroatoms. The minimum Gasteiger partial charge on any atom is -0.479 e. The van der Waals surface area contributed by atoms with Crippen LogP contribution in [-0.2, 0) is 15.7 Å². The number of carboxylic acid groups (broad SMARTS) is 1. The molecule has 0 radical (unpaired) electrons. The number of halogens is 6. The molecule has 1 N–H and O–H groups in total. The summed E-state index contributed by atoms with van der Waals surface area (Å²) in [6, 6.07) is 1.23. The van der Waals surface area contributed by atoms with Crippen molar-refractivity contribution in [3.63, 3.8) is 0 Å². The summed E-state index contributed by atoms with van der Waals surface area (Å²) in [7, 11) is 0. The smallest absolute Gasteiger partial charge is 0.433 e. The third-order valence-electron chi connectivity index (χ3n) is 3.31. The molecule has 1 aromatic rings. The minimum atomic E-state index is -5.20. The first-order valence-electron chi connectivity index (χ1n) is 6.39. The number of aliphatic carboxylic acids is 1. The zero-order chi connectivity index (χ0) is 19.2. The normalized spacial score (nSPS) is 21.4. The van der Waals surface area contributed by atoms with E-state index < -0.39 is 59.1 Å². The van der Waals surface area contributed by atoms with Crippen molar-refractivity contribution in [2.24, 2.45) is 0 Å². The molecule has 2 atom stereocenters. The van der Waals surface area contributed by atoms with Gasteiger partial charge >= 0.3 is 18.3 Å². The first-order valence-corrected chi connectivity index (χ1v) is 6.39. The minimum absolute atomic E-state index is 0.157. The van der Waals surface area contributed by atoms with Crippen molar-refractivity contribution >= 4 is 17.3 Å². The Morgan fingerprint density at radius 1 is 1.28 bits per heavy atom. The van der Waals surface area contributed by atoms with Gasteiger partial charge in [0, 0.05) is 11.8 Å². The zero-order valence-corrected chi connectivity index (χ0v) is 11.8. The van der Waals surface area contributed by atoms with Crippen molar-refractivity contribution in [3.05, 3.63) is 33.9 Å². The Balaban J connectivity index is 2.52. The van der Waals surface area contributed by atoms with E-state index in [-0.39, 0.29) is 11.0 Å². The highest BCUT2D eigenvalue weighted by molar-refractivity contribution is 5.74. The number of carboxylic acids is 1. The van der Waals surface area contributed by atoms with Gasteiger partial charge < -0.3 is 14.7 Å². The van der Waals surface area contributed by atoms with Gasteiger partial charge in [0.25, 0.3) is 5.69 Å². The lowest BCUT2D eigenvalue weighted by Crippen LogP contribution is -2.42. The van der Waals surface area contributed by atoms with Crippen LogP contribution in [0.1, 0.15) is 5.56 Å². The van der Waals surface area contributed by atoms with Crippen molar-refractivity contribution in [2.75, 3.05) is 11.4 Å². The third-order valence-corrected chi connectivity index (χ3v) is 3.31. The standard InChI is InChI=1S/C12H8F6N2O5/c13-11(14,15)6-3-5(1-2-7(6)20(23)24)19-4-8(9(21)22)25-10(19)12(16,17)18/h1-3,8,10H,4H2,(H,21,22)/t8-,10+/m0/s1. The average molecular weight is 374 g/mol. The molecule has 1 saturated heterocycles. The predicted molar refractivity (Wildman–Crippen MR) is 67.8 cm³/mol. The maximum absolute atomic E-state index is 13.0. The van der Waals surface area contributed by atoms with Gasteiger partial charge in [-0.15, -0.1) is 0 Å². The van der Waals surface area contributed by atoms with E-state index in [1.807, 2.05) is 0 Å². The highest BCUT2D eigenvalue weighted by Gasteiger charge is 2.53. The van der Waals surface area contributed by atoms with Crippen LogP contribution in [0.25, 0.3) is 0 Å². The number of nitrogens with zero attached hydrogens (tertiary/aromatic N) is 2. The Morgan fingerprint density at radius 3 is 2.32 bits per heavy atom. The van der Waals surface area contributed by atoms with Gasteiger partial charge in [-0.25, -0.2) is 4.79 Å². The fraction of sp³-hybridized carbons (Fsp3) is 0.417. The second-order valence-corrected chi connectivity index (χ2v) is 4.97. The predicted octanol–water partition coefficient (Wildman–Crippen LogP) is 2.79. The van der Waals surface area contributed by atoms with Crippen molar-refractivity contribution in [2.45, 2.75) is 24.7 Å². The Labute approximate surface area is 134 Å². The molecular weight excluding hydrogens is 366 g/mol. The van der Waals surface area contributed by atoms with E-state index in [0.29, 0.717) is 12.1 Å². The molecule has 0 unspecified atom stereocenters. The van der Waals surface area contributed by atoms with Crippen LogP contribution < -0.4 is 4.90 Å². The van der Waals surface area contributed by atoms with Crippen LogP contribution >= 0.6 is 0 Å². The number of ether oxygens (including phenoxy) is 1. The molecular formula is C12H8F6N2O5. The Hall–Kier alpha value is -2.57. The molecule has 0 spiro atoms. The number of nitro benzene ring substituents is 1. The number of hydrogen-bond acceptors (Lipinski definition) is 5. The number of nitro groups is 1. The van der Waals surface area contributed by atoms with Gasteiger partial charge in [-0.1, -0.05) is 0 Å². The lowest BCUT2D eigenvalue weighted by atomic mass is 10.1. The molecule has 1 aliphatic rings. The number of anilines is 1. The highest BCUT2D eigenvalue weighted by Crippen LogP contribution is 2.41. The SMILES string of the molecule is O=C(O)[C@@H]1CN(c2ccc([N+](=O)[O-])c(C(F)(F)F)c2)[C@@H](C(F)(F)F)O1. The second kappa shape index (κ2) is 6.06. The van der Waals surface area contributed by atoms with Gasteiger partial charge in [-0.2, -0.15) is 26.3 Å². The van der Waals surface area contributed by atoms with Crippen LogP contribution in [0.2, 0.25) is 0 Å². The summed E-state index contributed by atoms with van der Waals surface area (Å²) >= 11 is 0. The molecule has 138 valence electrons. The van der Waals surface area contributed by atoms with Crippen molar-refractivity contribution in [3.8, 4) is 0 Å². The van der Waals surface area contributed by atoms with Crippen molar-refractivity contribution in [1.82, 2.24) is 0 Å². The summed E-state index contributed by atoms with van der Waals surface area (Å²) in [6.45, 7) is -0.880. The Morgan fingerprint density at radius 2 is 1.88 bits per heavy atom. The van der Waals surface area contributed by atoms with Gasteiger partial charge in [-0.05, 0) is 12.1 Å². The molecule has 1 aliphatic heterocycles. The number of carbonyl (C=O) groups is 1. The number of benzene rings is 1. The van der Waals surface area contributed by atoms with Crippen LogP contribution in [0.5, 0.6) is 0 Å². The molecule has 2 rings (SSSR count). The summed E-state index contributed by atoms with van der Waals surface area (Å²) in [5, 5.41) is 19.4. The summed E-state index contributed by atoms with van der Waals surface area (Å²) < 4.78 is 82.1. The van der Waals surface area contributed by atoms with Gasteiger partial charge in [0.15, 0.2) is 6.10 Å². The van der Waals surface area contributed by atoms with Crippen LogP contribution in [0.15, 0.2) is 18.2 Å². The summed E-state index contributed by atoms with van der Waals surface area (Å²) in [5.74, 6) is -1.73. The zero-order valence-electron chi connectivity index (χ0n) is 11.8. The maximum Gasteiger partial charge on any atom is 0.433 e. The molecule has 1 fully saturated rings. The Bertz CT molecular complexity index is 704. The van der Waals surface area contributed by atoms with Crippen LogP contribution in [0.4, 0.5) is 37.7 Å². The number of alkyl halides is 6. The van der Waals surface area contributed by atoms with Gasteiger partial charge in [0.05, 0.1) is 11.5 Å². The van der Waals surface area contributed by atoms with E-state index in [0.717, 1.165) is 0 Å². The van der Waals surface area contributed by atoms with E-state index in [2.05, 4.69) is 4.74 Å². The van der Waals surface area contributed by atoms with E-state index in [1.54, 1.807) is 0 Å². The molecule has 1 aromatic carbocycles. The van der Waals surface area contributed by atoms with Gasteiger partial charge in [-0.3, -0.25) is 10.1 Å². The van der Waals surface area contributed by atoms with Crippen LogP contribution in [-0.4, -0.2) is 41.1 Å². The molecule has 0 bridgehead atoms. The maximum atomic E-state index is 13.0. The first-order chi connectivity index (χ1) is 11.3. The fourth-order valence-corrected chi connectivity index (χ4v) is 2.27. The largest absolute Gasteiger partial charge is 0.479 e. The Kier molecular flexibility index (Phi) is 4.55. The molecule has 7 nitrogen and oxygen atoms in total. The van der Waals surface area contributed by atoms with Crippen LogP contribution in [0.3, 0.4) is 0 Å². The van der Waals surface area contributed by atoms with Crippen LogP contribution in [0, 0.1) is 10.1 Å². The average Bonchev–Trinajstić information content (AvgIpc) is 2.91. The van der Waals surface area contributed by atoms with Crippen molar-refractivity contribution < 1.29 is 45.9 Å². The number of rotatable bonds is 3. The van der Waals surface area contributed by atoms with E-state index >= 15 is 0 Å². The molecule has 25 heavy (non-hydrogen) atoms. The quantitative estimate of drug-likeness (QED) is 0.497. The van der Waals surface area contributed by atoms with E-state index in [9.17, 15) is 41.3 Å². The highest BCUT2D eigenvalue weighted by atomic mass is 19.4. The third kappa shape index (κ3) is 3.75. The summed E-state index contributed by atoms with van der Waals surface area (Å²) in [6.07, 6.45) is -15.0. The summed E-state index contributed by atoms with van der Waals surface area (Å²) in [5.41, 5.74) is -3.80. The molecule has 0 aromatic heterocycles. The second-order valence-electron chi connectivity index (χ2n) is 4.97. The molecule has 0 aliphatic carbocycles.